The zero-order valence-electron chi connectivity index (χ0n) is 9.69. The maximum atomic E-state index is 11.7. The number of Topliss-reactive ketones (excluding diaryl/α,β-unsaturated/α-hetero) is 1. The molecule has 0 aliphatic heterocycles. The van der Waals surface area contributed by atoms with Crippen molar-refractivity contribution in [3.63, 3.8) is 0 Å². The zero-order valence-corrected chi connectivity index (χ0v) is 9.69. The van der Waals surface area contributed by atoms with Gasteiger partial charge in [0.1, 0.15) is 5.78 Å². The van der Waals surface area contributed by atoms with Crippen LogP contribution >= 0.6 is 0 Å². The van der Waals surface area contributed by atoms with Crippen molar-refractivity contribution in [2.75, 3.05) is 0 Å². The van der Waals surface area contributed by atoms with Crippen LogP contribution in [0.15, 0.2) is 17.2 Å². The maximum absolute atomic E-state index is 11.7. The monoisotopic (exact) mass is 222 g/mol. The minimum absolute atomic E-state index is 0.0351. The predicted molar refractivity (Wildman–Crippen MR) is 61.3 cm³/mol. The summed E-state index contributed by atoms with van der Waals surface area (Å²) in [5.74, 6) is 0.569. The normalized spacial score (nSPS) is 20.6. The van der Waals surface area contributed by atoms with E-state index in [1.165, 1.54) is 0 Å². The van der Waals surface area contributed by atoms with Gasteiger partial charge in [-0.1, -0.05) is 0 Å². The van der Waals surface area contributed by atoms with Gasteiger partial charge in [-0.15, -0.1) is 0 Å². The van der Waals surface area contributed by atoms with Crippen LogP contribution in [0, 0.1) is 5.92 Å². The third-order valence-corrected chi connectivity index (χ3v) is 3.41. The van der Waals surface area contributed by atoms with Gasteiger partial charge >= 0.3 is 5.69 Å². The van der Waals surface area contributed by atoms with Crippen LogP contribution < -0.4 is 5.69 Å². The van der Waals surface area contributed by atoms with E-state index in [-0.39, 0.29) is 11.6 Å². The Morgan fingerprint density at radius 1 is 1.31 bits per heavy atom. The Labute approximate surface area is 94.9 Å². The second kappa shape index (κ2) is 4.68. The van der Waals surface area contributed by atoms with Crippen molar-refractivity contribution in [2.45, 2.75) is 45.7 Å². The second-order valence-corrected chi connectivity index (χ2v) is 4.40. The average Bonchev–Trinajstić information content (AvgIpc) is 2.83. The highest BCUT2D eigenvalue weighted by Gasteiger charge is 2.23. The molecule has 4 nitrogen and oxygen atoms in total. The summed E-state index contributed by atoms with van der Waals surface area (Å²) in [6, 6.07) is 0. The molecule has 1 aliphatic rings. The fourth-order valence-corrected chi connectivity index (χ4v) is 2.35. The summed E-state index contributed by atoms with van der Waals surface area (Å²) < 4.78 is 3.38. The summed E-state index contributed by atoms with van der Waals surface area (Å²) in [7, 11) is 0. The van der Waals surface area contributed by atoms with Gasteiger partial charge < -0.3 is 0 Å². The summed E-state index contributed by atoms with van der Waals surface area (Å²) >= 11 is 0. The lowest BCUT2D eigenvalue weighted by Gasteiger charge is -2.07. The quantitative estimate of drug-likeness (QED) is 0.773. The highest BCUT2D eigenvalue weighted by atomic mass is 16.1. The number of hydrogen-bond donors (Lipinski definition) is 0. The smallest absolute Gasteiger partial charge is 0.300 e. The van der Waals surface area contributed by atoms with Crippen molar-refractivity contribution in [3.8, 4) is 0 Å². The Hall–Kier alpha value is -1.32. The highest BCUT2D eigenvalue weighted by Crippen LogP contribution is 2.24. The van der Waals surface area contributed by atoms with E-state index < -0.39 is 0 Å². The number of ketones is 1. The van der Waals surface area contributed by atoms with E-state index in [1.54, 1.807) is 15.3 Å². The first-order valence-electron chi connectivity index (χ1n) is 6.00. The molecule has 0 radical (unpaired) electrons. The summed E-state index contributed by atoms with van der Waals surface area (Å²) in [4.78, 5) is 23.2. The Morgan fingerprint density at radius 3 is 2.62 bits per heavy atom. The number of carbonyl (C=O) groups is 1. The number of hydrogen-bond acceptors (Lipinski definition) is 2. The first kappa shape index (κ1) is 11.2. The molecule has 0 saturated heterocycles. The topological polar surface area (TPSA) is 44.0 Å². The van der Waals surface area contributed by atoms with Gasteiger partial charge in [-0.3, -0.25) is 13.9 Å². The largest absolute Gasteiger partial charge is 0.328 e. The molecule has 0 spiro atoms. The lowest BCUT2D eigenvalue weighted by atomic mass is 10.0. The first-order chi connectivity index (χ1) is 7.72. The van der Waals surface area contributed by atoms with Gasteiger partial charge in [-0.2, -0.15) is 0 Å². The van der Waals surface area contributed by atoms with Crippen LogP contribution in [0.2, 0.25) is 0 Å². The van der Waals surface area contributed by atoms with Gasteiger partial charge in [0.05, 0.1) is 0 Å². The maximum Gasteiger partial charge on any atom is 0.328 e. The molecular formula is C12H18N2O2. The van der Waals surface area contributed by atoms with Crippen molar-refractivity contribution >= 4 is 5.78 Å². The van der Waals surface area contributed by atoms with Crippen molar-refractivity contribution < 1.29 is 4.79 Å². The molecule has 1 unspecified atom stereocenters. The minimum atomic E-state index is 0.0351. The molecule has 1 aliphatic carbocycles. The van der Waals surface area contributed by atoms with E-state index in [9.17, 15) is 9.59 Å². The summed E-state index contributed by atoms with van der Waals surface area (Å²) in [5, 5.41) is 0. The minimum Gasteiger partial charge on any atom is -0.300 e. The molecule has 1 heterocycles. The van der Waals surface area contributed by atoms with Crippen molar-refractivity contribution in [2.24, 2.45) is 5.92 Å². The molecule has 0 N–H and O–H groups in total. The standard InChI is InChI=1S/C12H18N2O2/c1-2-13-8-9-14(12(13)16)7-6-10-4-3-5-11(10)15/h8-10H,2-7H2,1H3. The molecule has 2 rings (SSSR count). The molecule has 1 atom stereocenters. The van der Waals surface area contributed by atoms with Crippen LogP contribution in [0.1, 0.15) is 32.6 Å². The van der Waals surface area contributed by atoms with Crippen molar-refractivity contribution in [3.05, 3.63) is 22.9 Å². The lowest BCUT2D eigenvalue weighted by Crippen LogP contribution is -2.24. The predicted octanol–water partition coefficient (Wildman–Crippen LogP) is 1.43. The molecular weight excluding hydrogens is 204 g/mol. The molecule has 0 aromatic carbocycles. The second-order valence-electron chi connectivity index (χ2n) is 4.40. The SMILES string of the molecule is CCn1ccn(CCC2CCCC2=O)c1=O. The van der Waals surface area contributed by atoms with Crippen LogP contribution in [0.5, 0.6) is 0 Å². The van der Waals surface area contributed by atoms with E-state index in [1.807, 2.05) is 13.1 Å². The molecule has 1 aromatic rings. The molecule has 1 saturated carbocycles. The number of imidazole rings is 1. The van der Waals surface area contributed by atoms with Gasteiger partial charge in [0.15, 0.2) is 0 Å². The number of aryl methyl sites for hydroxylation is 2. The number of nitrogens with zero attached hydrogens (tertiary/aromatic N) is 2. The summed E-state index contributed by atoms with van der Waals surface area (Å²) in [6.07, 6.45) is 7.18. The molecule has 0 bridgehead atoms. The fourth-order valence-electron chi connectivity index (χ4n) is 2.35. The van der Waals surface area contributed by atoms with Crippen LogP contribution in [-0.4, -0.2) is 14.9 Å². The van der Waals surface area contributed by atoms with Crippen LogP contribution in [0.3, 0.4) is 0 Å². The number of aromatic nitrogens is 2. The molecule has 0 amide bonds. The van der Waals surface area contributed by atoms with E-state index in [2.05, 4.69) is 0 Å². The zero-order chi connectivity index (χ0) is 11.5. The van der Waals surface area contributed by atoms with Gasteiger partial charge in [0, 0.05) is 37.8 Å². The highest BCUT2D eigenvalue weighted by molar-refractivity contribution is 5.82. The summed E-state index contributed by atoms with van der Waals surface area (Å²) in [6.45, 7) is 3.32. The molecule has 4 heteroatoms. The molecule has 1 aromatic heterocycles. The van der Waals surface area contributed by atoms with Gasteiger partial charge in [-0.25, -0.2) is 4.79 Å². The van der Waals surface area contributed by atoms with Gasteiger partial charge in [0.25, 0.3) is 0 Å². The van der Waals surface area contributed by atoms with E-state index in [4.69, 9.17) is 0 Å². The summed E-state index contributed by atoms with van der Waals surface area (Å²) in [5.41, 5.74) is 0.0351. The molecule has 88 valence electrons. The van der Waals surface area contributed by atoms with Crippen molar-refractivity contribution in [1.29, 1.82) is 0 Å². The Balaban J connectivity index is 1.97. The van der Waals surface area contributed by atoms with Crippen LogP contribution in [0.25, 0.3) is 0 Å². The Kier molecular flexibility index (Phi) is 3.27. The Morgan fingerprint density at radius 2 is 2.06 bits per heavy atom. The number of rotatable bonds is 4. The fraction of sp³-hybridized carbons (Fsp3) is 0.667. The van der Waals surface area contributed by atoms with E-state index in [0.29, 0.717) is 18.9 Å². The van der Waals surface area contributed by atoms with Crippen LogP contribution in [0.4, 0.5) is 0 Å². The van der Waals surface area contributed by atoms with Gasteiger partial charge in [-0.05, 0) is 26.2 Å². The van der Waals surface area contributed by atoms with E-state index in [0.717, 1.165) is 25.7 Å². The molecule has 1 fully saturated rings. The van der Waals surface area contributed by atoms with Crippen LogP contribution in [-0.2, 0) is 17.9 Å². The lowest BCUT2D eigenvalue weighted by molar-refractivity contribution is -0.120. The third-order valence-electron chi connectivity index (χ3n) is 3.41. The average molecular weight is 222 g/mol. The Bertz CT molecular complexity index is 430. The van der Waals surface area contributed by atoms with E-state index >= 15 is 0 Å². The number of carbonyl (C=O) groups excluding carboxylic acids is 1. The van der Waals surface area contributed by atoms with Crippen molar-refractivity contribution in [1.82, 2.24) is 9.13 Å². The van der Waals surface area contributed by atoms with Gasteiger partial charge in [0.2, 0.25) is 0 Å². The first-order valence-corrected chi connectivity index (χ1v) is 6.00. The third kappa shape index (κ3) is 2.10. The molecule has 16 heavy (non-hydrogen) atoms.